The summed E-state index contributed by atoms with van der Waals surface area (Å²) in [6.45, 7) is 2.43. The molecule has 14 heteroatoms. The van der Waals surface area contributed by atoms with Crippen molar-refractivity contribution in [1.82, 2.24) is 5.32 Å². The number of aryl methyl sites for hydroxylation is 1. The quantitative estimate of drug-likeness (QED) is 0.331. The van der Waals surface area contributed by atoms with Gasteiger partial charge in [0.1, 0.15) is 16.2 Å². The van der Waals surface area contributed by atoms with Crippen LogP contribution in [0.5, 0.6) is 0 Å². The number of halogens is 8. The smallest absolute Gasteiger partial charge is 0.381 e. The third-order valence-electron chi connectivity index (χ3n) is 8.09. The zero-order chi connectivity index (χ0) is 30.8. The molecule has 0 aliphatic heterocycles. The molecule has 1 saturated carbocycles. The standard InChI is InChI=1S/C27H27F8NO4S/c1-23(2,38)22(37)36-21-12-13-24(41(39,40)18-9-7-17(28)8-10-18)19-11-6-16(14-15(19)4-3-5-20(21)24)25(29,26(30,31)32)27(33,34)35/h6-11,14,20-21,38H,3-5,12-13H2,1-2H3,(H,36,37)/t20-,21+,24+/m0/s1. The van der Waals surface area contributed by atoms with Gasteiger partial charge in [0.05, 0.1) is 4.90 Å². The van der Waals surface area contributed by atoms with Crippen LogP contribution in [0.4, 0.5) is 35.1 Å². The number of sulfone groups is 1. The maximum Gasteiger partial charge on any atom is 0.435 e. The average molecular weight is 614 g/mol. The van der Waals surface area contributed by atoms with E-state index in [0.717, 1.165) is 30.3 Å². The predicted octanol–water partition coefficient (Wildman–Crippen LogP) is 5.79. The Labute approximate surface area is 230 Å². The Morgan fingerprint density at radius 2 is 1.54 bits per heavy atom. The number of rotatable bonds is 5. The second-order valence-electron chi connectivity index (χ2n) is 11.0. The first kappa shape index (κ1) is 31.2. The number of nitrogens with one attached hydrogen (secondary N) is 1. The van der Waals surface area contributed by atoms with Gasteiger partial charge in [0.15, 0.2) is 9.84 Å². The van der Waals surface area contributed by atoms with Crippen LogP contribution in [-0.4, -0.2) is 43.4 Å². The van der Waals surface area contributed by atoms with Crippen molar-refractivity contribution in [2.75, 3.05) is 0 Å². The van der Waals surface area contributed by atoms with Gasteiger partial charge in [-0.3, -0.25) is 4.79 Å². The molecule has 2 aliphatic rings. The van der Waals surface area contributed by atoms with Crippen molar-refractivity contribution in [3.05, 3.63) is 65.0 Å². The molecular weight excluding hydrogens is 586 g/mol. The van der Waals surface area contributed by atoms with Crippen LogP contribution in [0, 0.1) is 11.7 Å². The molecule has 0 unspecified atom stereocenters. The lowest BCUT2D eigenvalue weighted by Gasteiger charge is -2.38. The van der Waals surface area contributed by atoms with Gasteiger partial charge in [0.2, 0.25) is 0 Å². The predicted molar refractivity (Wildman–Crippen MR) is 130 cm³/mol. The Balaban J connectivity index is 1.96. The molecule has 0 saturated heterocycles. The first-order chi connectivity index (χ1) is 18.7. The molecule has 2 N–H and O–H groups in total. The van der Waals surface area contributed by atoms with Crippen LogP contribution in [-0.2, 0) is 31.5 Å². The van der Waals surface area contributed by atoms with E-state index in [1.807, 2.05) is 0 Å². The summed E-state index contributed by atoms with van der Waals surface area (Å²) in [4.78, 5) is 12.3. The van der Waals surface area contributed by atoms with Crippen molar-refractivity contribution in [1.29, 1.82) is 0 Å². The van der Waals surface area contributed by atoms with E-state index < -0.39 is 67.5 Å². The van der Waals surface area contributed by atoms with Crippen LogP contribution < -0.4 is 5.32 Å². The number of hydrogen-bond acceptors (Lipinski definition) is 4. The summed E-state index contributed by atoms with van der Waals surface area (Å²) in [6.07, 6.45) is -12.9. The fourth-order valence-electron chi connectivity index (χ4n) is 6.10. The number of carbonyl (C=O) groups is 1. The number of benzene rings is 2. The van der Waals surface area contributed by atoms with Crippen LogP contribution in [0.3, 0.4) is 0 Å². The van der Waals surface area contributed by atoms with Gasteiger partial charge in [-0.2, -0.15) is 26.3 Å². The van der Waals surface area contributed by atoms with Crippen LogP contribution in [0.25, 0.3) is 0 Å². The summed E-state index contributed by atoms with van der Waals surface area (Å²) in [5, 5.41) is 12.8. The van der Waals surface area contributed by atoms with Crippen LogP contribution in [0.2, 0.25) is 0 Å². The highest BCUT2D eigenvalue weighted by Gasteiger charge is 2.73. The van der Waals surface area contributed by atoms with Crippen molar-refractivity contribution in [3.63, 3.8) is 0 Å². The van der Waals surface area contributed by atoms with Gasteiger partial charge in [0, 0.05) is 17.5 Å². The molecule has 41 heavy (non-hydrogen) atoms. The van der Waals surface area contributed by atoms with Gasteiger partial charge in [-0.05, 0) is 81.3 Å². The molecule has 1 amide bonds. The van der Waals surface area contributed by atoms with E-state index in [-0.39, 0.29) is 48.1 Å². The highest BCUT2D eigenvalue weighted by molar-refractivity contribution is 7.92. The first-order valence-electron chi connectivity index (χ1n) is 12.7. The summed E-state index contributed by atoms with van der Waals surface area (Å²) >= 11 is 0. The molecule has 0 aromatic heterocycles. The van der Waals surface area contributed by atoms with Gasteiger partial charge >= 0.3 is 18.0 Å². The third kappa shape index (κ3) is 4.90. The summed E-state index contributed by atoms with van der Waals surface area (Å²) in [5.41, 5.74) is -9.59. The van der Waals surface area contributed by atoms with Gasteiger partial charge in [0.25, 0.3) is 5.91 Å². The number of carbonyl (C=O) groups excluding carboxylic acids is 1. The molecule has 0 heterocycles. The normalized spacial score (nSPS) is 23.9. The largest absolute Gasteiger partial charge is 0.435 e. The van der Waals surface area contributed by atoms with Gasteiger partial charge in [-0.15, -0.1) is 0 Å². The molecule has 0 radical (unpaired) electrons. The SMILES string of the molecule is CC(C)(O)C(=O)N[C@@H]1CC[C@@]2(S(=O)(=O)c3ccc(F)cc3)c3ccc(C(F)(C(F)(F)F)C(F)(F)F)cc3CCC[C@@H]12. The summed E-state index contributed by atoms with van der Waals surface area (Å²) in [7, 11) is -4.54. The van der Waals surface area contributed by atoms with Gasteiger partial charge in [-0.25, -0.2) is 17.2 Å². The van der Waals surface area contributed by atoms with Crippen LogP contribution >= 0.6 is 0 Å². The van der Waals surface area contributed by atoms with Crippen molar-refractivity contribution < 1.29 is 53.4 Å². The van der Waals surface area contributed by atoms with E-state index >= 15 is 0 Å². The minimum Gasteiger partial charge on any atom is -0.381 e. The molecule has 5 nitrogen and oxygen atoms in total. The van der Waals surface area contributed by atoms with Gasteiger partial charge < -0.3 is 10.4 Å². The third-order valence-corrected chi connectivity index (χ3v) is 10.7. The molecule has 2 aromatic rings. The number of alkyl halides is 7. The molecule has 2 aromatic carbocycles. The molecule has 4 rings (SSSR count). The lowest BCUT2D eigenvalue weighted by Crippen LogP contribution is -2.51. The summed E-state index contributed by atoms with van der Waals surface area (Å²) in [6, 6.07) is 4.44. The Kier molecular flexibility index (Phi) is 7.55. The second-order valence-corrected chi connectivity index (χ2v) is 13.3. The minimum atomic E-state index is -6.36. The highest BCUT2D eigenvalue weighted by atomic mass is 32.2. The number of hydrogen-bond donors (Lipinski definition) is 2. The Hall–Kier alpha value is -2.74. The lowest BCUT2D eigenvalue weighted by molar-refractivity contribution is -0.348. The molecule has 226 valence electrons. The Bertz CT molecular complexity index is 1420. The molecule has 0 spiro atoms. The molecule has 3 atom stereocenters. The van der Waals surface area contributed by atoms with E-state index in [1.54, 1.807) is 0 Å². The monoisotopic (exact) mass is 613 g/mol. The molecular formula is C27H27F8NO4S. The summed E-state index contributed by atoms with van der Waals surface area (Å²) in [5.74, 6) is -2.49. The molecule has 1 fully saturated rings. The number of fused-ring (bicyclic) bond motifs is 3. The number of amides is 1. The van der Waals surface area contributed by atoms with Crippen molar-refractivity contribution in [2.24, 2.45) is 5.92 Å². The average Bonchev–Trinajstić information content (AvgIpc) is 3.11. The maximum absolute atomic E-state index is 15.0. The van der Waals surface area contributed by atoms with Crippen molar-refractivity contribution >= 4 is 15.7 Å². The second kappa shape index (κ2) is 9.92. The fraction of sp³-hybridized carbons (Fsp3) is 0.519. The lowest BCUT2D eigenvalue weighted by atomic mass is 9.82. The van der Waals surface area contributed by atoms with E-state index in [9.17, 15) is 53.4 Å². The van der Waals surface area contributed by atoms with E-state index in [1.165, 1.54) is 13.8 Å². The maximum atomic E-state index is 15.0. The first-order valence-corrected chi connectivity index (χ1v) is 14.2. The minimum absolute atomic E-state index is 0.0340. The number of aliphatic hydroxyl groups is 1. The van der Waals surface area contributed by atoms with Crippen molar-refractivity contribution in [2.45, 2.75) is 85.3 Å². The summed E-state index contributed by atoms with van der Waals surface area (Å²) < 4.78 is 136. The van der Waals surface area contributed by atoms with Crippen LogP contribution in [0.15, 0.2) is 47.4 Å². The van der Waals surface area contributed by atoms with Gasteiger partial charge in [-0.1, -0.05) is 18.2 Å². The topological polar surface area (TPSA) is 83.5 Å². The zero-order valence-corrected chi connectivity index (χ0v) is 22.7. The fourth-order valence-corrected chi connectivity index (χ4v) is 8.57. The highest BCUT2D eigenvalue weighted by Crippen LogP contribution is 2.58. The van der Waals surface area contributed by atoms with Crippen LogP contribution in [0.1, 0.15) is 56.2 Å². The van der Waals surface area contributed by atoms with Crippen molar-refractivity contribution in [3.8, 4) is 0 Å². The Morgan fingerprint density at radius 3 is 2.07 bits per heavy atom. The Morgan fingerprint density at radius 1 is 0.951 bits per heavy atom. The van der Waals surface area contributed by atoms with E-state index in [0.29, 0.717) is 12.1 Å². The molecule has 2 aliphatic carbocycles. The van der Waals surface area contributed by atoms with E-state index in [4.69, 9.17) is 0 Å². The zero-order valence-electron chi connectivity index (χ0n) is 21.8. The molecule has 0 bridgehead atoms. The van der Waals surface area contributed by atoms with E-state index in [2.05, 4.69) is 5.32 Å².